The van der Waals surface area contributed by atoms with Gasteiger partial charge in [0.15, 0.2) is 0 Å². The van der Waals surface area contributed by atoms with Crippen molar-refractivity contribution in [3.05, 3.63) is 29.8 Å². The average Bonchev–Trinajstić information content (AvgIpc) is 2.69. The molecule has 0 saturated heterocycles. The van der Waals surface area contributed by atoms with Crippen molar-refractivity contribution in [2.75, 3.05) is 6.54 Å². The normalized spacial score (nSPS) is 15.3. The van der Waals surface area contributed by atoms with Crippen LogP contribution in [0.15, 0.2) is 29.3 Å². The van der Waals surface area contributed by atoms with Gasteiger partial charge in [0.05, 0.1) is 5.84 Å². The van der Waals surface area contributed by atoms with Gasteiger partial charge < -0.3 is 10.4 Å². The summed E-state index contributed by atoms with van der Waals surface area (Å²) in [5.41, 5.74) is 0.919. The molecule has 2 rings (SSSR count). The molecule has 0 fully saturated rings. The van der Waals surface area contributed by atoms with E-state index in [0.717, 1.165) is 30.8 Å². The Morgan fingerprint density at radius 2 is 2.21 bits per heavy atom. The summed E-state index contributed by atoms with van der Waals surface area (Å²) in [4.78, 5) is 4.30. The van der Waals surface area contributed by atoms with Crippen LogP contribution in [0.2, 0.25) is 0 Å². The zero-order valence-corrected chi connectivity index (χ0v) is 8.03. The molecule has 3 nitrogen and oxygen atoms in total. The van der Waals surface area contributed by atoms with E-state index in [0.29, 0.717) is 12.3 Å². The lowest BCUT2D eigenvalue weighted by Crippen LogP contribution is -2.20. The zero-order chi connectivity index (χ0) is 9.80. The summed E-state index contributed by atoms with van der Waals surface area (Å²) in [6.45, 7) is 1.59. The van der Waals surface area contributed by atoms with Crippen molar-refractivity contribution in [1.82, 2.24) is 5.32 Å². The first-order valence-corrected chi connectivity index (χ1v) is 4.90. The fraction of sp³-hybridized carbons (Fsp3) is 0.364. The van der Waals surface area contributed by atoms with Crippen molar-refractivity contribution in [3.8, 4) is 5.75 Å². The lowest BCUT2D eigenvalue weighted by atomic mass is 10.2. The third kappa shape index (κ3) is 2.05. The Hall–Kier alpha value is -1.51. The molecule has 0 amide bonds. The van der Waals surface area contributed by atoms with Crippen LogP contribution >= 0.6 is 0 Å². The largest absolute Gasteiger partial charge is 0.508 e. The molecule has 0 atom stereocenters. The van der Waals surface area contributed by atoms with Gasteiger partial charge in [0.2, 0.25) is 0 Å². The predicted molar refractivity (Wildman–Crippen MR) is 56.5 cm³/mol. The van der Waals surface area contributed by atoms with Crippen molar-refractivity contribution in [1.29, 1.82) is 0 Å². The van der Waals surface area contributed by atoms with Gasteiger partial charge in [-0.1, -0.05) is 18.2 Å². The van der Waals surface area contributed by atoms with Gasteiger partial charge in [-0.15, -0.1) is 0 Å². The number of amidine groups is 1. The molecule has 74 valence electrons. The summed E-state index contributed by atoms with van der Waals surface area (Å²) in [5, 5.41) is 12.7. The number of rotatable bonds is 2. The van der Waals surface area contributed by atoms with E-state index in [1.165, 1.54) is 0 Å². The molecule has 0 radical (unpaired) electrons. The van der Waals surface area contributed by atoms with E-state index in [-0.39, 0.29) is 0 Å². The maximum absolute atomic E-state index is 9.50. The summed E-state index contributed by atoms with van der Waals surface area (Å²) >= 11 is 0. The van der Waals surface area contributed by atoms with E-state index < -0.39 is 0 Å². The summed E-state index contributed by atoms with van der Waals surface area (Å²) in [6.07, 6.45) is 2.18. The highest BCUT2D eigenvalue weighted by Gasteiger charge is 2.06. The lowest BCUT2D eigenvalue weighted by Gasteiger charge is -2.06. The lowest BCUT2D eigenvalue weighted by molar-refractivity contribution is 0.467. The minimum Gasteiger partial charge on any atom is -0.508 e. The van der Waals surface area contributed by atoms with Crippen molar-refractivity contribution >= 4 is 5.84 Å². The molecule has 0 spiro atoms. The number of aliphatic imine (C=N–C) groups is 1. The van der Waals surface area contributed by atoms with Crippen LogP contribution in [-0.4, -0.2) is 17.5 Å². The molecule has 0 aromatic heterocycles. The number of phenols is 1. The Bertz CT molecular complexity index is 347. The fourth-order valence-electron chi connectivity index (χ4n) is 1.54. The summed E-state index contributed by atoms with van der Waals surface area (Å²) < 4.78 is 0. The van der Waals surface area contributed by atoms with Gasteiger partial charge in [0.25, 0.3) is 0 Å². The third-order valence-corrected chi connectivity index (χ3v) is 2.35. The van der Waals surface area contributed by atoms with Crippen LogP contribution in [-0.2, 0) is 6.54 Å². The predicted octanol–water partition coefficient (Wildman–Crippen LogP) is 1.67. The number of nitrogens with one attached hydrogen (secondary N) is 1. The standard InChI is InChI=1S/C11H14N2O/c14-10-5-2-1-4-9(10)8-13-11-6-3-7-12-11/h1-2,4-5,14H,3,6-8H2,(H,12,13). The zero-order valence-electron chi connectivity index (χ0n) is 8.03. The Morgan fingerprint density at radius 3 is 2.93 bits per heavy atom. The number of benzene rings is 1. The molecule has 3 heteroatoms. The second-order valence-corrected chi connectivity index (χ2v) is 3.41. The van der Waals surface area contributed by atoms with Gasteiger partial charge in [-0.25, -0.2) is 0 Å². The summed E-state index contributed by atoms with van der Waals surface area (Å²) in [5.74, 6) is 1.41. The number of aromatic hydroxyl groups is 1. The monoisotopic (exact) mass is 190 g/mol. The third-order valence-electron chi connectivity index (χ3n) is 2.35. The highest BCUT2D eigenvalue weighted by atomic mass is 16.3. The highest BCUT2D eigenvalue weighted by molar-refractivity contribution is 5.83. The van der Waals surface area contributed by atoms with Crippen molar-refractivity contribution in [3.63, 3.8) is 0 Å². The maximum atomic E-state index is 9.50. The van der Waals surface area contributed by atoms with E-state index in [4.69, 9.17) is 0 Å². The molecule has 0 aliphatic carbocycles. The minimum atomic E-state index is 0.346. The second kappa shape index (κ2) is 4.13. The molecular weight excluding hydrogens is 176 g/mol. The molecule has 0 unspecified atom stereocenters. The first-order valence-electron chi connectivity index (χ1n) is 4.90. The van der Waals surface area contributed by atoms with Crippen LogP contribution < -0.4 is 5.32 Å². The topological polar surface area (TPSA) is 44.6 Å². The van der Waals surface area contributed by atoms with Gasteiger partial charge in [0.1, 0.15) is 5.75 Å². The maximum Gasteiger partial charge on any atom is 0.120 e. The van der Waals surface area contributed by atoms with Crippen LogP contribution in [0.1, 0.15) is 18.4 Å². The molecule has 1 aromatic rings. The van der Waals surface area contributed by atoms with Gasteiger partial charge in [-0.05, 0) is 12.5 Å². The number of hydrogen-bond donors (Lipinski definition) is 2. The Kier molecular flexibility index (Phi) is 2.68. The number of hydrogen-bond acceptors (Lipinski definition) is 3. The van der Waals surface area contributed by atoms with Gasteiger partial charge >= 0.3 is 0 Å². The van der Waals surface area contributed by atoms with Crippen LogP contribution in [0.5, 0.6) is 5.75 Å². The first kappa shape index (κ1) is 9.06. The van der Waals surface area contributed by atoms with Crippen LogP contribution in [0.3, 0.4) is 0 Å². The quantitative estimate of drug-likeness (QED) is 0.745. The van der Waals surface area contributed by atoms with Crippen molar-refractivity contribution in [2.24, 2.45) is 4.99 Å². The average molecular weight is 190 g/mol. The van der Waals surface area contributed by atoms with Crippen molar-refractivity contribution in [2.45, 2.75) is 19.4 Å². The van der Waals surface area contributed by atoms with Crippen molar-refractivity contribution < 1.29 is 5.11 Å². The second-order valence-electron chi connectivity index (χ2n) is 3.41. The number of phenolic OH excluding ortho intramolecular Hbond substituents is 1. The van der Waals surface area contributed by atoms with Crippen LogP contribution in [0, 0.1) is 0 Å². The number of nitrogens with zero attached hydrogens (tertiary/aromatic N) is 1. The summed E-state index contributed by atoms with van der Waals surface area (Å²) in [7, 11) is 0. The van der Waals surface area contributed by atoms with Crippen LogP contribution in [0.4, 0.5) is 0 Å². The Labute approximate surface area is 83.5 Å². The molecule has 0 bridgehead atoms. The van der Waals surface area contributed by atoms with E-state index in [1.807, 2.05) is 18.2 Å². The molecule has 1 aromatic carbocycles. The van der Waals surface area contributed by atoms with E-state index in [9.17, 15) is 5.11 Å². The fourth-order valence-corrected chi connectivity index (χ4v) is 1.54. The molecule has 2 N–H and O–H groups in total. The SMILES string of the molecule is Oc1ccccc1CNC1=NCCC1. The smallest absolute Gasteiger partial charge is 0.120 e. The van der Waals surface area contributed by atoms with Gasteiger partial charge in [0, 0.05) is 25.1 Å². The highest BCUT2D eigenvalue weighted by Crippen LogP contribution is 2.15. The van der Waals surface area contributed by atoms with Crippen LogP contribution in [0.25, 0.3) is 0 Å². The number of para-hydroxylation sites is 1. The Morgan fingerprint density at radius 1 is 1.36 bits per heavy atom. The molecule has 0 saturated carbocycles. The van der Waals surface area contributed by atoms with E-state index in [1.54, 1.807) is 6.07 Å². The first-order chi connectivity index (χ1) is 6.86. The van der Waals surface area contributed by atoms with E-state index >= 15 is 0 Å². The summed E-state index contributed by atoms with van der Waals surface area (Å²) in [6, 6.07) is 7.37. The van der Waals surface area contributed by atoms with Gasteiger partial charge in [-0.2, -0.15) is 0 Å². The van der Waals surface area contributed by atoms with Gasteiger partial charge in [-0.3, -0.25) is 4.99 Å². The minimum absolute atomic E-state index is 0.346. The molecule has 14 heavy (non-hydrogen) atoms. The van der Waals surface area contributed by atoms with E-state index in [2.05, 4.69) is 10.3 Å². The molecule has 1 aliphatic rings. The molecule has 1 aliphatic heterocycles. The Balaban J connectivity index is 1.94. The molecule has 1 heterocycles. The molecular formula is C11H14N2O.